The lowest BCUT2D eigenvalue weighted by molar-refractivity contribution is 1.25. The molecule has 1 aromatic heterocycles. The lowest BCUT2D eigenvalue weighted by atomic mass is 10.6. The van der Waals surface area contributed by atoms with E-state index >= 15 is 0 Å². The van der Waals surface area contributed by atoms with Crippen molar-refractivity contribution in [1.82, 2.24) is 4.98 Å². The standard InChI is InChI=1S/C6H8N2S.2C2H6.C2H4/c1-4-6(7-3)8-5(2)9-4;3*1-2/h3H2,1-2H3;2*1-2H3;1-2H2. The Labute approximate surface area is 98.8 Å². The fourth-order valence-electron chi connectivity index (χ4n) is 0.665. The molecule has 0 fully saturated rings. The summed E-state index contributed by atoms with van der Waals surface area (Å²) in [5.41, 5.74) is 0. The van der Waals surface area contributed by atoms with Gasteiger partial charge in [0.15, 0.2) is 5.82 Å². The first kappa shape index (κ1) is 19.6. The second kappa shape index (κ2) is 15.5. The van der Waals surface area contributed by atoms with Crippen molar-refractivity contribution in [3.8, 4) is 0 Å². The maximum absolute atomic E-state index is 4.12. The summed E-state index contributed by atoms with van der Waals surface area (Å²) in [6.45, 7) is 21.4. The van der Waals surface area contributed by atoms with E-state index in [1.165, 1.54) is 0 Å². The zero-order valence-electron chi connectivity index (χ0n) is 10.9. The molecule has 88 valence electrons. The summed E-state index contributed by atoms with van der Waals surface area (Å²) in [5.74, 6) is 0.775. The highest BCUT2D eigenvalue weighted by atomic mass is 32.1. The van der Waals surface area contributed by atoms with Gasteiger partial charge in [0.25, 0.3) is 0 Å². The molecule has 0 amide bonds. The van der Waals surface area contributed by atoms with E-state index in [2.05, 4.69) is 29.9 Å². The van der Waals surface area contributed by atoms with Gasteiger partial charge >= 0.3 is 0 Å². The Balaban J connectivity index is -0.000000208. The van der Waals surface area contributed by atoms with Crippen molar-refractivity contribution in [3.63, 3.8) is 0 Å². The topological polar surface area (TPSA) is 25.2 Å². The average Bonchev–Trinajstić information content (AvgIpc) is 2.65. The summed E-state index contributed by atoms with van der Waals surface area (Å²) in [7, 11) is 0. The Morgan fingerprint density at radius 2 is 1.47 bits per heavy atom. The fraction of sp³-hybridized carbons (Fsp3) is 0.500. The highest BCUT2D eigenvalue weighted by Crippen LogP contribution is 2.22. The second-order valence-corrected chi connectivity index (χ2v) is 3.18. The van der Waals surface area contributed by atoms with Gasteiger partial charge < -0.3 is 0 Å². The molecule has 0 spiro atoms. The Morgan fingerprint density at radius 1 is 1.07 bits per heavy atom. The number of aryl methyl sites for hydroxylation is 2. The maximum Gasteiger partial charge on any atom is 0.165 e. The van der Waals surface area contributed by atoms with Gasteiger partial charge in [0.2, 0.25) is 0 Å². The van der Waals surface area contributed by atoms with Gasteiger partial charge in [-0.15, -0.1) is 24.5 Å². The highest BCUT2D eigenvalue weighted by molar-refractivity contribution is 7.11. The molecule has 0 saturated carbocycles. The minimum atomic E-state index is 0.775. The summed E-state index contributed by atoms with van der Waals surface area (Å²) in [5, 5.41) is 1.05. The zero-order chi connectivity index (χ0) is 12.9. The highest BCUT2D eigenvalue weighted by Gasteiger charge is 1.99. The van der Waals surface area contributed by atoms with Crippen LogP contribution in [0, 0.1) is 13.8 Å². The third-order valence-corrected chi connectivity index (χ3v) is 1.90. The summed E-state index contributed by atoms with van der Waals surface area (Å²) >= 11 is 1.65. The van der Waals surface area contributed by atoms with E-state index in [4.69, 9.17) is 0 Å². The van der Waals surface area contributed by atoms with Crippen molar-refractivity contribution in [1.29, 1.82) is 0 Å². The Kier molecular flexibility index (Phi) is 20.3. The van der Waals surface area contributed by atoms with E-state index in [-0.39, 0.29) is 0 Å². The molecule has 0 bridgehead atoms. The van der Waals surface area contributed by atoms with Gasteiger partial charge in [0.1, 0.15) is 0 Å². The first-order valence-corrected chi connectivity index (χ1v) is 5.96. The summed E-state index contributed by atoms with van der Waals surface area (Å²) in [4.78, 5) is 9.00. The van der Waals surface area contributed by atoms with Gasteiger partial charge in [0, 0.05) is 4.88 Å². The monoisotopic (exact) mass is 228 g/mol. The molecular formula is C12H24N2S. The van der Waals surface area contributed by atoms with Gasteiger partial charge in [-0.05, 0) is 20.6 Å². The SMILES string of the molecule is C=C.C=Nc1nc(C)sc1C.CC.CC. The number of aromatic nitrogens is 1. The van der Waals surface area contributed by atoms with Crippen molar-refractivity contribution in [3.05, 3.63) is 23.0 Å². The number of hydrogen-bond acceptors (Lipinski definition) is 3. The predicted molar refractivity (Wildman–Crippen MR) is 74.7 cm³/mol. The molecule has 0 radical (unpaired) electrons. The lowest BCUT2D eigenvalue weighted by Crippen LogP contribution is -1.64. The Hall–Kier alpha value is -0.960. The molecule has 1 rings (SSSR count). The van der Waals surface area contributed by atoms with E-state index in [0.29, 0.717) is 0 Å². The molecule has 1 heterocycles. The molecule has 0 unspecified atom stereocenters. The number of thiazole rings is 1. The van der Waals surface area contributed by atoms with Crippen molar-refractivity contribution < 1.29 is 0 Å². The zero-order valence-corrected chi connectivity index (χ0v) is 11.7. The number of hydrogen-bond donors (Lipinski definition) is 0. The number of rotatable bonds is 1. The van der Waals surface area contributed by atoms with Crippen LogP contribution in [0.3, 0.4) is 0 Å². The first-order valence-electron chi connectivity index (χ1n) is 5.15. The molecule has 0 atom stereocenters. The molecule has 2 nitrogen and oxygen atoms in total. The van der Waals surface area contributed by atoms with Crippen LogP contribution in [0.1, 0.15) is 37.6 Å². The smallest absolute Gasteiger partial charge is 0.165 e. The van der Waals surface area contributed by atoms with Crippen molar-refractivity contribution in [2.24, 2.45) is 4.99 Å². The summed E-state index contributed by atoms with van der Waals surface area (Å²) in [6, 6.07) is 0. The normalized spacial score (nSPS) is 6.80. The second-order valence-electron chi connectivity index (χ2n) is 1.77. The van der Waals surface area contributed by atoms with E-state index < -0.39 is 0 Å². The van der Waals surface area contributed by atoms with Gasteiger partial charge in [-0.1, -0.05) is 27.7 Å². The fourth-order valence-corrected chi connectivity index (χ4v) is 1.44. The quantitative estimate of drug-likeness (QED) is 0.493. The summed E-state index contributed by atoms with van der Waals surface area (Å²) < 4.78 is 0. The molecule has 0 aliphatic rings. The first-order chi connectivity index (χ1) is 7.24. The van der Waals surface area contributed by atoms with Crippen LogP contribution in [0.2, 0.25) is 0 Å². The predicted octanol–water partition coefficient (Wildman–Crippen LogP) is 4.95. The van der Waals surface area contributed by atoms with Crippen LogP contribution < -0.4 is 0 Å². The minimum absolute atomic E-state index is 0.775. The van der Waals surface area contributed by atoms with Gasteiger partial charge in [-0.2, -0.15) is 0 Å². The minimum Gasteiger partial charge on any atom is -0.244 e. The van der Waals surface area contributed by atoms with Crippen LogP contribution in [0.5, 0.6) is 0 Å². The third-order valence-electron chi connectivity index (χ3n) is 1.03. The number of aliphatic imine (C=N–C) groups is 1. The van der Waals surface area contributed by atoms with Crippen LogP contribution >= 0.6 is 11.3 Å². The van der Waals surface area contributed by atoms with Crippen LogP contribution in [0.4, 0.5) is 5.82 Å². The Morgan fingerprint density at radius 3 is 1.60 bits per heavy atom. The molecule has 3 heteroatoms. The molecular weight excluding hydrogens is 204 g/mol. The van der Waals surface area contributed by atoms with E-state index in [1.807, 2.05) is 41.5 Å². The largest absolute Gasteiger partial charge is 0.244 e. The lowest BCUT2D eigenvalue weighted by Gasteiger charge is -1.80. The molecule has 0 aliphatic carbocycles. The molecule has 1 aromatic rings. The van der Waals surface area contributed by atoms with Gasteiger partial charge in [-0.3, -0.25) is 0 Å². The van der Waals surface area contributed by atoms with Crippen molar-refractivity contribution in [2.75, 3.05) is 0 Å². The van der Waals surface area contributed by atoms with Gasteiger partial charge in [0.05, 0.1) is 5.01 Å². The Bertz CT molecular complexity index is 242. The average molecular weight is 228 g/mol. The van der Waals surface area contributed by atoms with Gasteiger partial charge in [-0.25, -0.2) is 9.98 Å². The van der Waals surface area contributed by atoms with Crippen molar-refractivity contribution in [2.45, 2.75) is 41.5 Å². The summed E-state index contributed by atoms with van der Waals surface area (Å²) in [6.07, 6.45) is 0. The van der Waals surface area contributed by atoms with Crippen LogP contribution in [-0.4, -0.2) is 11.7 Å². The maximum atomic E-state index is 4.12. The van der Waals surface area contributed by atoms with Crippen LogP contribution in [0.15, 0.2) is 18.2 Å². The molecule has 0 aliphatic heterocycles. The third kappa shape index (κ3) is 9.35. The van der Waals surface area contributed by atoms with E-state index in [9.17, 15) is 0 Å². The van der Waals surface area contributed by atoms with E-state index in [0.717, 1.165) is 15.7 Å². The number of nitrogens with zero attached hydrogens (tertiary/aromatic N) is 2. The van der Waals surface area contributed by atoms with Crippen LogP contribution in [-0.2, 0) is 0 Å². The van der Waals surface area contributed by atoms with E-state index in [1.54, 1.807) is 11.3 Å². The molecule has 15 heavy (non-hydrogen) atoms. The van der Waals surface area contributed by atoms with Crippen LogP contribution in [0.25, 0.3) is 0 Å². The molecule has 0 aromatic carbocycles. The molecule has 0 N–H and O–H groups in total. The molecule has 0 saturated heterocycles. The van der Waals surface area contributed by atoms with Crippen molar-refractivity contribution >= 4 is 23.9 Å².